The van der Waals surface area contributed by atoms with E-state index in [4.69, 9.17) is 9.52 Å². The van der Waals surface area contributed by atoms with E-state index in [9.17, 15) is 14.4 Å². The Balaban J connectivity index is 2.07. The lowest BCUT2D eigenvalue weighted by Gasteiger charge is -2.10. The van der Waals surface area contributed by atoms with Crippen molar-refractivity contribution in [2.24, 2.45) is 0 Å². The summed E-state index contributed by atoms with van der Waals surface area (Å²) in [5.41, 5.74) is 0.422. The maximum atomic E-state index is 12.3. The van der Waals surface area contributed by atoms with E-state index < -0.39 is 17.8 Å². The second-order valence-corrected chi connectivity index (χ2v) is 5.15. The van der Waals surface area contributed by atoms with Crippen LogP contribution in [0.5, 0.6) is 0 Å². The highest BCUT2D eigenvalue weighted by Crippen LogP contribution is 2.08. The molecule has 7 nitrogen and oxygen atoms in total. The maximum Gasteiger partial charge on any atom is 0.303 e. The molecular formula is C18H18N2O5. The van der Waals surface area contributed by atoms with Gasteiger partial charge in [0.2, 0.25) is 0 Å². The molecule has 0 saturated carbocycles. The van der Waals surface area contributed by atoms with E-state index in [1.54, 1.807) is 42.5 Å². The van der Waals surface area contributed by atoms with Crippen LogP contribution in [0.2, 0.25) is 0 Å². The standard InChI is InChI=1S/C18H18N2O5/c21-16(22)9-4-10-19-18(24)15(12-14-8-5-11-25-14)20-17(23)13-6-2-1-3-7-13/h1-3,5-8,11-12H,4,9-10H2,(H,19,24)(H,20,23)(H,21,22)/b15-12+. The normalized spacial score (nSPS) is 11.0. The van der Waals surface area contributed by atoms with Gasteiger partial charge in [0.25, 0.3) is 11.8 Å². The zero-order valence-corrected chi connectivity index (χ0v) is 13.4. The van der Waals surface area contributed by atoms with Gasteiger partial charge >= 0.3 is 5.97 Å². The van der Waals surface area contributed by atoms with E-state index in [-0.39, 0.29) is 18.7 Å². The quantitative estimate of drug-likeness (QED) is 0.502. The molecule has 0 unspecified atom stereocenters. The number of rotatable bonds is 8. The monoisotopic (exact) mass is 342 g/mol. The first-order chi connectivity index (χ1) is 12.1. The average Bonchev–Trinajstić information content (AvgIpc) is 3.11. The highest BCUT2D eigenvalue weighted by atomic mass is 16.4. The molecular weight excluding hydrogens is 324 g/mol. The molecule has 0 spiro atoms. The van der Waals surface area contributed by atoms with Crippen LogP contribution in [-0.4, -0.2) is 29.4 Å². The molecule has 1 aromatic heterocycles. The molecule has 25 heavy (non-hydrogen) atoms. The molecule has 0 radical (unpaired) electrons. The number of carbonyl (C=O) groups excluding carboxylic acids is 2. The molecule has 0 saturated heterocycles. The Morgan fingerprint density at radius 1 is 1.08 bits per heavy atom. The Labute approximate surface area is 144 Å². The Kier molecular flexibility index (Phi) is 6.53. The third-order valence-electron chi connectivity index (χ3n) is 3.21. The van der Waals surface area contributed by atoms with Crippen molar-refractivity contribution < 1.29 is 23.9 Å². The Morgan fingerprint density at radius 3 is 2.48 bits per heavy atom. The SMILES string of the molecule is O=C(O)CCCNC(=O)/C(=C\c1ccco1)NC(=O)c1ccccc1. The van der Waals surface area contributed by atoms with E-state index in [1.807, 2.05) is 0 Å². The number of furan rings is 1. The number of carboxylic acids is 1. The van der Waals surface area contributed by atoms with Gasteiger partial charge in [-0.05, 0) is 30.7 Å². The zero-order chi connectivity index (χ0) is 18.1. The van der Waals surface area contributed by atoms with Crippen molar-refractivity contribution in [2.45, 2.75) is 12.8 Å². The lowest BCUT2D eigenvalue weighted by atomic mass is 10.2. The van der Waals surface area contributed by atoms with Crippen LogP contribution in [0.15, 0.2) is 58.8 Å². The topological polar surface area (TPSA) is 109 Å². The first-order valence-corrected chi connectivity index (χ1v) is 7.68. The predicted octanol–water partition coefficient (Wildman–Crippen LogP) is 2.03. The lowest BCUT2D eigenvalue weighted by molar-refractivity contribution is -0.137. The third kappa shape index (κ3) is 5.98. The van der Waals surface area contributed by atoms with Crippen LogP contribution < -0.4 is 10.6 Å². The van der Waals surface area contributed by atoms with Gasteiger partial charge in [0.05, 0.1) is 6.26 Å². The fourth-order valence-electron chi connectivity index (χ4n) is 1.99. The highest BCUT2D eigenvalue weighted by molar-refractivity contribution is 6.05. The summed E-state index contributed by atoms with van der Waals surface area (Å²) >= 11 is 0. The van der Waals surface area contributed by atoms with Gasteiger partial charge in [0.1, 0.15) is 11.5 Å². The minimum absolute atomic E-state index is 0.0131. The average molecular weight is 342 g/mol. The summed E-state index contributed by atoms with van der Waals surface area (Å²) in [6, 6.07) is 11.8. The first-order valence-electron chi connectivity index (χ1n) is 7.68. The molecule has 0 fully saturated rings. The summed E-state index contributed by atoms with van der Waals surface area (Å²) in [6.07, 6.45) is 3.11. The van der Waals surface area contributed by atoms with Gasteiger partial charge in [0, 0.05) is 24.6 Å². The van der Waals surface area contributed by atoms with Crippen LogP contribution in [-0.2, 0) is 9.59 Å². The number of aliphatic carboxylic acids is 1. The van der Waals surface area contributed by atoms with Crippen LogP contribution in [0, 0.1) is 0 Å². The molecule has 2 aromatic rings. The van der Waals surface area contributed by atoms with Crippen LogP contribution >= 0.6 is 0 Å². The van der Waals surface area contributed by atoms with Gasteiger partial charge in [-0.15, -0.1) is 0 Å². The van der Waals surface area contributed by atoms with Crippen LogP contribution in [0.1, 0.15) is 29.0 Å². The van der Waals surface area contributed by atoms with E-state index in [0.29, 0.717) is 17.7 Å². The highest BCUT2D eigenvalue weighted by Gasteiger charge is 2.15. The molecule has 130 valence electrons. The summed E-state index contributed by atoms with van der Waals surface area (Å²) in [6.45, 7) is 0.182. The van der Waals surface area contributed by atoms with Crippen molar-refractivity contribution in [3.63, 3.8) is 0 Å². The second kappa shape index (κ2) is 9.07. The first kappa shape index (κ1) is 18.0. The predicted molar refractivity (Wildman–Crippen MR) is 90.5 cm³/mol. The maximum absolute atomic E-state index is 12.3. The number of amides is 2. The summed E-state index contributed by atoms with van der Waals surface area (Å²) < 4.78 is 5.17. The molecule has 0 bridgehead atoms. The zero-order valence-electron chi connectivity index (χ0n) is 13.4. The van der Waals surface area contributed by atoms with Crippen molar-refractivity contribution in [1.29, 1.82) is 0 Å². The number of hydrogen-bond donors (Lipinski definition) is 3. The molecule has 0 atom stereocenters. The van der Waals surface area contributed by atoms with E-state index in [1.165, 1.54) is 12.3 Å². The van der Waals surface area contributed by atoms with E-state index in [0.717, 1.165) is 0 Å². The molecule has 7 heteroatoms. The minimum atomic E-state index is -0.932. The smallest absolute Gasteiger partial charge is 0.303 e. The largest absolute Gasteiger partial charge is 0.481 e. The summed E-state index contributed by atoms with van der Waals surface area (Å²) in [5.74, 6) is -1.48. The van der Waals surface area contributed by atoms with Gasteiger partial charge in [-0.3, -0.25) is 14.4 Å². The van der Waals surface area contributed by atoms with Crippen LogP contribution in [0.4, 0.5) is 0 Å². The van der Waals surface area contributed by atoms with Crippen LogP contribution in [0.3, 0.4) is 0 Å². The molecule has 0 aliphatic carbocycles. The lowest BCUT2D eigenvalue weighted by Crippen LogP contribution is -2.35. The molecule has 1 heterocycles. The van der Waals surface area contributed by atoms with Crippen molar-refractivity contribution in [1.82, 2.24) is 10.6 Å². The molecule has 3 N–H and O–H groups in total. The van der Waals surface area contributed by atoms with Gasteiger partial charge in [-0.2, -0.15) is 0 Å². The van der Waals surface area contributed by atoms with Crippen molar-refractivity contribution >= 4 is 23.9 Å². The molecule has 0 aliphatic rings. The summed E-state index contributed by atoms with van der Waals surface area (Å²) in [7, 11) is 0. The summed E-state index contributed by atoms with van der Waals surface area (Å²) in [5, 5.41) is 13.7. The van der Waals surface area contributed by atoms with Gasteiger partial charge in [-0.25, -0.2) is 0 Å². The fourth-order valence-corrected chi connectivity index (χ4v) is 1.99. The number of hydrogen-bond acceptors (Lipinski definition) is 4. The Hall–Kier alpha value is -3.35. The molecule has 2 amide bonds. The number of nitrogens with one attached hydrogen (secondary N) is 2. The fraction of sp³-hybridized carbons (Fsp3) is 0.167. The number of carbonyl (C=O) groups is 3. The molecule has 2 rings (SSSR count). The Morgan fingerprint density at radius 2 is 1.84 bits per heavy atom. The molecule has 1 aromatic carbocycles. The summed E-state index contributed by atoms with van der Waals surface area (Å²) in [4.78, 5) is 35.1. The van der Waals surface area contributed by atoms with Gasteiger partial charge < -0.3 is 20.2 Å². The van der Waals surface area contributed by atoms with Crippen molar-refractivity contribution in [3.8, 4) is 0 Å². The number of carboxylic acid groups (broad SMARTS) is 1. The third-order valence-corrected chi connectivity index (χ3v) is 3.21. The number of benzene rings is 1. The van der Waals surface area contributed by atoms with Gasteiger partial charge in [-0.1, -0.05) is 18.2 Å². The Bertz CT molecular complexity index is 751. The molecule has 0 aliphatic heterocycles. The van der Waals surface area contributed by atoms with Gasteiger partial charge in [0.15, 0.2) is 0 Å². The second-order valence-electron chi connectivity index (χ2n) is 5.15. The van der Waals surface area contributed by atoms with Crippen LogP contribution in [0.25, 0.3) is 6.08 Å². The van der Waals surface area contributed by atoms with Crippen molar-refractivity contribution in [3.05, 3.63) is 65.7 Å². The van der Waals surface area contributed by atoms with E-state index in [2.05, 4.69) is 10.6 Å². The van der Waals surface area contributed by atoms with Crippen molar-refractivity contribution in [2.75, 3.05) is 6.54 Å². The minimum Gasteiger partial charge on any atom is -0.481 e. The van der Waals surface area contributed by atoms with E-state index >= 15 is 0 Å².